The van der Waals surface area contributed by atoms with E-state index in [1.807, 2.05) is 5.06 Å². The summed E-state index contributed by atoms with van der Waals surface area (Å²) in [6.45, 7) is 10.9. The number of allylic oxidation sites excluding steroid dienone is 1. The molecule has 0 unspecified atom stereocenters. The molecule has 0 atom stereocenters. The van der Waals surface area contributed by atoms with Gasteiger partial charge in [0.25, 0.3) is 5.70 Å². The van der Waals surface area contributed by atoms with Gasteiger partial charge >= 0.3 is 0 Å². The molecule has 1 rings (SSSR count). The number of unbranched alkanes of at least 4 members (excludes halogenated alkanes) is 8. The van der Waals surface area contributed by atoms with E-state index in [2.05, 4.69) is 34.6 Å². The van der Waals surface area contributed by atoms with E-state index in [-0.39, 0.29) is 28.3 Å². The summed E-state index contributed by atoms with van der Waals surface area (Å²) in [6, 6.07) is 0. The molecule has 1 heterocycles. The summed E-state index contributed by atoms with van der Waals surface area (Å²) in [5.41, 5.74) is -0.00207. The third kappa shape index (κ3) is 8.73. The van der Waals surface area contributed by atoms with Crippen LogP contribution < -0.4 is 0 Å². The van der Waals surface area contributed by atoms with E-state index in [0.717, 1.165) is 38.5 Å². The largest absolute Gasteiger partial charge is 0.287 e. The maximum atomic E-state index is 11.4. The van der Waals surface area contributed by atoms with E-state index < -0.39 is 0 Å². The molecule has 0 amide bonds. The Balaban J connectivity index is 2.40. The highest BCUT2D eigenvalue weighted by molar-refractivity contribution is 4.95. The minimum Gasteiger partial charge on any atom is -0.287 e. The van der Waals surface area contributed by atoms with E-state index in [0.29, 0.717) is 0 Å². The predicted molar refractivity (Wildman–Crippen MR) is 112 cm³/mol. The Morgan fingerprint density at radius 1 is 1.00 bits per heavy atom. The number of hydrogen-bond donors (Lipinski definition) is 0. The molecule has 1 saturated heterocycles. The highest BCUT2D eigenvalue weighted by Crippen LogP contribution is 2.38. The van der Waals surface area contributed by atoms with Crippen molar-refractivity contribution < 1.29 is 9.76 Å². The van der Waals surface area contributed by atoms with Gasteiger partial charge in [0.2, 0.25) is 0 Å². The summed E-state index contributed by atoms with van der Waals surface area (Å²) in [5, 5.41) is 13.4. The second-order valence-electron chi connectivity index (χ2n) is 9.26. The second kappa shape index (κ2) is 11.8. The van der Waals surface area contributed by atoms with Crippen LogP contribution in [0.1, 0.15) is 112 Å². The Labute approximate surface area is 166 Å². The first-order valence-electron chi connectivity index (χ1n) is 11.0. The molecule has 1 fully saturated rings. The Bertz CT molecular complexity index is 456. The van der Waals surface area contributed by atoms with Crippen LogP contribution in [0.5, 0.6) is 0 Å². The van der Waals surface area contributed by atoms with Gasteiger partial charge in [-0.1, -0.05) is 51.9 Å². The van der Waals surface area contributed by atoms with Crippen molar-refractivity contribution >= 4 is 0 Å². The molecule has 5 heteroatoms. The zero-order valence-corrected chi connectivity index (χ0v) is 18.4. The molecule has 0 aromatic carbocycles. The van der Waals surface area contributed by atoms with E-state index in [9.17, 15) is 10.1 Å². The lowest BCUT2D eigenvalue weighted by atomic mass is 9.82. The van der Waals surface area contributed by atoms with Crippen LogP contribution in [0.3, 0.4) is 0 Å². The van der Waals surface area contributed by atoms with Crippen LogP contribution in [0.4, 0.5) is 0 Å². The number of hydrogen-bond acceptors (Lipinski definition) is 4. The van der Waals surface area contributed by atoms with Gasteiger partial charge in [-0.2, -0.15) is 5.06 Å². The Morgan fingerprint density at radius 2 is 1.52 bits per heavy atom. The summed E-state index contributed by atoms with van der Waals surface area (Å²) < 4.78 is 0. The van der Waals surface area contributed by atoms with Gasteiger partial charge in [0.05, 0.1) is 4.92 Å². The van der Waals surface area contributed by atoms with Gasteiger partial charge in [0, 0.05) is 11.1 Å². The Hall–Kier alpha value is -0.940. The lowest BCUT2D eigenvalue weighted by Gasteiger charge is -2.51. The fraction of sp³-hybridized carbons (Fsp3) is 0.909. The molecule has 0 radical (unpaired) electrons. The van der Waals surface area contributed by atoms with Crippen molar-refractivity contribution in [2.45, 2.75) is 123 Å². The first kappa shape index (κ1) is 24.1. The lowest BCUT2D eigenvalue weighted by Crippen LogP contribution is -2.58. The SMILES string of the molecule is CCCCCCCCCC/C=C(/CON1C(C)(C)CCCC1(C)C)[N+](=O)[O-]. The monoisotopic (exact) mass is 382 g/mol. The topological polar surface area (TPSA) is 55.6 Å². The molecule has 27 heavy (non-hydrogen) atoms. The highest BCUT2D eigenvalue weighted by atomic mass is 16.7. The average molecular weight is 383 g/mol. The van der Waals surface area contributed by atoms with Gasteiger partial charge in [-0.05, 0) is 65.9 Å². The number of hydroxylamine groups is 2. The molecule has 0 aliphatic carbocycles. The highest BCUT2D eigenvalue weighted by Gasteiger charge is 2.42. The van der Waals surface area contributed by atoms with E-state index >= 15 is 0 Å². The molecule has 0 saturated carbocycles. The Kier molecular flexibility index (Phi) is 10.5. The van der Waals surface area contributed by atoms with Crippen LogP contribution in [0.15, 0.2) is 11.8 Å². The van der Waals surface area contributed by atoms with Crippen LogP contribution in [0.25, 0.3) is 0 Å². The molecule has 5 nitrogen and oxygen atoms in total. The standard InChI is InChI=1S/C22H42N2O3/c1-6-7-8-9-10-11-12-13-14-16-20(23(25)26)19-27-24-21(2,3)17-15-18-22(24,4)5/h16H,6-15,17-19H2,1-5H3/b20-16-. The van der Waals surface area contributed by atoms with Gasteiger partial charge in [0.1, 0.15) is 0 Å². The van der Waals surface area contributed by atoms with Gasteiger partial charge in [0.15, 0.2) is 6.61 Å². The van der Waals surface area contributed by atoms with Crippen LogP contribution >= 0.6 is 0 Å². The number of piperidine rings is 1. The van der Waals surface area contributed by atoms with Crippen molar-refractivity contribution in [1.82, 2.24) is 5.06 Å². The normalized spacial score (nSPS) is 20.0. The van der Waals surface area contributed by atoms with E-state index in [1.165, 1.54) is 38.5 Å². The molecule has 158 valence electrons. The molecule has 0 spiro atoms. The van der Waals surface area contributed by atoms with Gasteiger partial charge in [-0.15, -0.1) is 0 Å². The number of rotatable bonds is 13. The third-order valence-corrected chi connectivity index (χ3v) is 5.69. The van der Waals surface area contributed by atoms with Crippen molar-refractivity contribution in [3.8, 4) is 0 Å². The smallest absolute Gasteiger partial charge is 0.269 e. The number of nitrogens with zero attached hydrogens (tertiary/aromatic N) is 2. The molecule has 0 N–H and O–H groups in total. The predicted octanol–water partition coefficient (Wildman–Crippen LogP) is 6.65. The van der Waals surface area contributed by atoms with Crippen molar-refractivity contribution in [3.05, 3.63) is 21.9 Å². The minimum absolute atomic E-state index is 0.0525. The summed E-state index contributed by atoms with van der Waals surface area (Å²) in [4.78, 5) is 17.1. The molecule has 0 aromatic heterocycles. The molecular formula is C22H42N2O3. The average Bonchev–Trinajstić information content (AvgIpc) is 2.56. The lowest BCUT2D eigenvalue weighted by molar-refractivity contribution is -0.438. The maximum absolute atomic E-state index is 11.4. The van der Waals surface area contributed by atoms with Gasteiger partial charge in [-0.25, -0.2) is 0 Å². The van der Waals surface area contributed by atoms with Crippen molar-refractivity contribution in [2.75, 3.05) is 6.61 Å². The summed E-state index contributed by atoms with van der Waals surface area (Å²) in [7, 11) is 0. The summed E-state index contributed by atoms with van der Waals surface area (Å²) >= 11 is 0. The van der Waals surface area contributed by atoms with Crippen LogP contribution in [-0.2, 0) is 4.84 Å². The first-order valence-corrected chi connectivity index (χ1v) is 11.0. The summed E-state index contributed by atoms with van der Waals surface area (Å²) in [6.07, 6.45) is 15.7. The third-order valence-electron chi connectivity index (χ3n) is 5.69. The fourth-order valence-electron chi connectivity index (χ4n) is 4.19. The van der Waals surface area contributed by atoms with Crippen molar-refractivity contribution in [2.24, 2.45) is 0 Å². The van der Waals surface area contributed by atoms with Crippen LogP contribution in [-0.4, -0.2) is 27.7 Å². The zero-order chi connectivity index (χ0) is 20.3. The van der Waals surface area contributed by atoms with Crippen molar-refractivity contribution in [1.29, 1.82) is 0 Å². The molecule has 0 aromatic rings. The molecule has 0 bridgehead atoms. The number of nitro groups is 1. The van der Waals surface area contributed by atoms with Gasteiger partial charge in [-0.3, -0.25) is 15.0 Å². The van der Waals surface area contributed by atoms with E-state index in [1.54, 1.807) is 6.08 Å². The second-order valence-corrected chi connectivity index (χ2v) is 9.26. The minimum atomic E-state index is -0.283. The van der Waals surface area contributed by atoms with Crippen LogP contribution in [0.2, 0.25) is 0 Å². The molecule has 1 aliphatic heterocycles. The Morgan fingerprint density at radius 3 is 2.04 bits per heavy atom. The molecule has 1 aliphatic rings. The van der Waals surface area contributed by atoms with Gasteiger partial charge < -0.3 is 0 Å². The first-order chi connectivity index (χ1) is 12.7. The van der Waals surface area contributed by atoms with Crippen LogP contribution in [0, 0.1) is 10.1 Å². The zero-order valence-electron chi connectivity index (χ0n) is 18.4. The summed E-state index contributed by atoms with van der Waals surface area (Å²) in [5.74, 6) is 0. The molecular weight excluding hydrogens is 340 g/mol. The van der Waals surface area contributed by atoms with Crippen molar-refractivity contribution in [3.63, 3.8) is 0 Å². The fourth-order valence-corrected chi connectivity index (χ4v) is 4.19. The van der Waals surface area contributed by atoms with E-state index in [4.69, 9.17) is 4.84 Å². The maximum Gasteiger partial charge on any atom is 0.269 e. The quantitative estimate of drug-likeness (QED) is 0.203.